The van der Waals surface area contributed by atoms with Crippen LogP contribution >= 0.6 is 11.3 Å². The predicted molar refractivity (Wildman–Crippen MR) is 243 cm³/mol. The van der Waals surface area contributed by atoms with Gasteiger partial charge in [-0.1, -0.05) is 158 Å². The fourth-order valence-electron chi connectivity index (χ4n) is 10.4. The molecule has 2 heterocycles. The monoisotopic (exact) mass is 755 g/mol. The number of benzene rings is 9. The first kappa shape index (κ1) is 31.9. The van der Waals surface area contributed by atoms with Crippen molar-refractivity contribution in [2.24, 2.45) is 0 Å². The molecule has 13 rings (SSSR count). The van der Waals surface area contributed by atoms with Gasteiger partial charge in [-0.05, 0) is 92.5 Å². The molecule has 0 unspecified atom stereocenters. The summed E-state index contributed by atoms with van der Waals surface area (Å²) in [7, 11) is 0. The van der Waals surface area contributed by atoms with Gasteiger partial charge in [0.2, 0.25) is 0 Å². The number of furan rings is 1. The van der Waals surface area contributed by atoms with Gasteiger partial charge >= 0.3 is 0 Å². The highest BCUT2D eigenvalue weighted by Crippen LogP contribution is 2.63. The van der Waals surface area contributed by atoms with Crippen molar-refractivity contribution >= 4 is 70.5 Å². The molecule has 1 spiro atoms. The molecule has 2 aromatic heterocycles. The van der Waals surface area contributed by atoms with Crippen LogP contribution in [-0.2, 0) is 5.41 Å². The summed E-state index contributed by atoms with van der Waals surface area (Å²) in [6.45, 7) is 0. The van der Waals surface area contributed by atoms with E-state index in [1.54, 1.807) is 0 Å². The van der Waals surface area contributed by atoms with Crippen LogP contribution in [0, 0.1) is 0 Å². The van der Waals surface area contributed by atoms with Gasteiger partial charge in [-0.25, -0.2) is 0 Å². The molecule has 0 N–H and O–H groups in total. The smallest absolute Gasteiger partial charge is 0.136 e. The van der Waals surface area contributed by atoms with E-state index in [0.29, 0.717) is 0 Å². The van der Waals surface area contributed by atoms with Crippen LogP contribution in [0.5, 0.6) is 0 Å². The predicted octanol–water partition coefficient (Wildman–Crippen LogP) is 15.4. The second-order valence-electron chi connectivity index (χ2n) is 15.5. The number of nitrogens with zero attached hydrogens (tertiary/aromatic N) is 1. The van der Waals surface area contributed by atoms with E-state index in [0.717, 1.165) is 50.1 Å². The number of para-hydroxylation sites is 2. The Hall–Kier alpha value is -7.20. The minimum absolute atomic E-state index is 0.453. The first-order valence-electron chi connectivity index (χ1n) is 19.9. The van der Waals surface area contributed by atoms with Gasteiger partial charge in [0, 0.05) is 37.5 Å². The quantitative estimate of drug-likeness (QED) is 0.178. The van der Waals surface area contributed by atoms with E-state index in [-0.39, 0.29) is 0 Å². The standard InChI is InChI=1S/C55H33NOS/c1-7-23-44-35(15-1)36-16-2-8-24-45(36)55(44)46-25-9-3-17-37(46)38-32-31-34(33-47(38)55)56(49-27-13-22-42-40-19-6-12-30-52(40)58-54(42)49)48-26-10-4-18-39(48)41-21-14-29-51-53(41)43-20-5-11-28-50(43)57-51/h1-33H. The third-order valence-electron chi connectivity index (χ3n) is 12.7. The van der Waals surface area contributed by atoms with E-state index in [2.05, 4.69) is 199 Å². The fourth-order valence-corrected chi connectivity index (χ4v) is 11.6. The maximum absolute atomic E-state index is 6.46. The van der Waals surface area contributed by atoms with Gasteiger partial charge in [0.05, 0.1) is 21.5 Å². The number of fused-ring (bicyclic) bond motifs is 16. The summed E-state index contributed by atoms with van der Waals surface area (Å²) in [6.07, 6.45) is 0. The van der Waals surface area contributed by atoms with Crippen molar-refractivity contribution in [3.8, 4) is 33.4 Å². The Morgan fingerprint density at radius 3 is 1.67 bits per heavy atom. The normalized spacial score (nSPS) is 13.3. The lowest BCUT2D eigenvalue weighted by molar-refractivity contribution is 0.669. The second-order valence-corrected chi connectivity index (χ2v) is 16.6. The molecule has 2 aliphatic rings. The lowest BCUT2D eigenvalue weighted by atomic mass is 9.70. The Kier molecular flexibility index (Phi) is 6.56. The van der Waals surface area contributed by atoms with Crippen molar-refractivity contribution in [3.63, 3.8) is 0 Å². The van der Waals surface area contributed by atoms with Crippen molar-refractivity contribution in [3.05, 3.63) is 222 Å². The molecule has 0 amide bonds. The summed E-state index contributed by atoms with van der Waals surface area (Å²) in [5, 5.41) is 4.81. The average Bonchev–Trinajstić information content (AvgIpc) is 4.02. The van der Waals surface area contributed by atoms with Crippen LogP contribution in [0.2, 0.25) is 0 Å². The van der Waals surface area contributed by atoms with Crippen LogP contribution in [0.1, 0.15) is 22.3 Å². The number of anilines is 3. The summed E-state index contributed by atoms with van der Waals surface area (Å²) < 4.78 is 9.01. The number of hydrogen-bond acceptors (Lipinski definition) is 3. The zero-order valence-electron chi connectivity index (χ0n) is 31.3. The number of thiophene rings is 1. The fraction of sp³-hybridized carbons (Fsp3) is 0.0182. The molecule has 2 aliphatic carbocycles. The number of hydrogen-bond donors (Lipinski definition) is 0. The zero-order chi connectivity index (χ0) is 38.0. The van der Waals surface area contributed by atoms with E-state index in [1.165, 1.54) is 64.7 Å². The summed E-state index contributed by atoms with van der Waals surface area (Å²) in [6, 6.07) is 73.8. The molecule has 3 heteroatoms. The zero-order valence-corrected chi connectivity index (χ0v) is 32.1. The molecule has 0 fully saturated rings. The molecule has 58 heavy (non-hydrogen) atoms. The van der Waals surface area contributed by atoms with Crippen molar-refractivity contribution in [2.75, 3.05) is 4.90 Å². The summed E-state index contributed by atoms with van der Waals surface area (Å²) in [5.74, 6) is 0. The molecular formula is C55H33NOS. The van der Waals surface area contributed by atoms with Gasteiger partial charge in [0.1, 0.15) is 11.2 Å². The third-order valence-corrected chi connectivity index (χ3v) is 13.9. The van der Waals surface area contributed by atoms with Gasteiger partial charge in [-0.3, -0.25) is 0 Å². The van der Waals surface area contributed by atoms with Crippen LogP contribution in [-0.4, -0.2) is 0 Å². The van der Waals surface area contributed by atoms with E-state index >= 15 is 0 Å². The van der Waals surface area contributed by atoms with Crippen molar-refractivity contribution in [1.29, 1.82) is 0 Å². The van der Waals surface area contributed by atoms with Crippen LogP contribution in [0.3, 0.4) is 0 Å². The van der Waals surface area contributed by atoms with Gasteiger partial charge in [0.25, 0.3) is 0 Å². The van der Waals surface area contributed by atoms with Gasteiger partial charge in [-0.2, -0.15) is 0 Å². The van der Waals surface area contributed by atoms with Crippen molar-refractivity contribution in [2.45, 2.75) is 5.41 Å². The van der Waals surface area contributed by atoms with Gasteiger partial charge < -0.3 is 9.32 Å². The summed E-state index contributed by atoms with van der Waals surface area (Å²) in [4.78, 5) is 2.53. The minimum Gasteiger partial charge on any atom is -0.456 e. The lowest BCUT2D eigenvalue weighted by Crippen LogP contribution is -2.26. The Labute approximate surface area is 339 Å². The Balaban J connectivity index is 1.13. The van der Waals surface area contributed by atoms with E-state index in [4.69, 9.17) is 4.42 Å². The first-order chi connectivity index (χ1) is 28.8. The van der Waals surface area contributed by atoms with Crippen LogP contribution in [0.4, 0.5) is 17.1 Å². The van der Waals surface area contributed by atoms with Crippen LogP contribution in [0.25, 0.3) is 75.5 Å². The Bertz CT molecular complexity index is 3430. The minimum atomic E-state index is -0.453. The highest BCUT2D eigenvalue weighted by atomic mass is 32.1. The van der Waals surface area contributed by atoms with Crippen LogP contribution < -0.4 is 4.90 Å². The van der Waals surface area contributed by atoms with Gasteiger partial charge in [0.15, 0.2) is 0 Å². The highest BCUT2D eigenvalue weighted by Gasteiger charge is 2.51. The molecule has 0 aliphatic heterocycles. The first-order valence-corrected chi connectivity index (χ1v) is 20.7. The molecular weight excluding hydrogens is 723 g/mol. The molecule has 11 aromatic rings. The molecule has 0 saturated heterocycles. The molecule has 270 valence electrons. The van der Waals surface area contributed by atoms with Crippen molar-refractivity contribution in [1.82, 2.24) is 0 Å². The topological polar surface area (TPSA) is 16.4 Å². The molecule has 2 nitrogen and oxygen atoms in total. The van der Waals surface area contributed by atoms with Crippen LogP contribution in [0.15, 0.2) is 205 Å². The van der Waals surface area contributed by atoms with Crippen molar-refractivity contribution < 1.29 is 4.42 Å². The molecule has 0 atom stereocenters. The number of rotatable bonds is 4. The Morgan fingerprint density at radius 2 is 0.914 bits per heavy atom. The summed E-state index contributed by atoms with van der Waals surface area (Å²) >= 11 is 1.87. The second kappa shape index (κ2) is 11.9. The third kappa shape index (κ3) is 4.16. The molecule has 0 radical (unpaired) electrons. The molecule has 9 aromatic carbocycles. The maximum atomic E-state index is 6.46. The van der Waals surface area contributed by atoms with Gasteiger partial charge in [-0.15, -0.1) is 11.3 Å². The molecule has 0 saturated carbocycles. The largest absolute Gasteiger partial charge is 0.456 e. The van der Waals surface area contributed by atoms with E-state index in [9.17, 15) is 0 Å². The summed E-state index contributed by atoms with van der Waals surface area (Å²) in [5.41, 5.74) is 17.6. The lowest BCUT2D eigenvalue weighted by Gasteiger charge is -2.33. The van der Waals surface area contributed by atoms with E-state index in [1.807, 2.05) is 17.4 Å². The Morgan fingerprint density at radius 1 is 0.379 bits per heavy atom. The van der Waals surface area contributed by atoms with E-state index < -0.39 is 5.41 Å². The highest BCUT2D eigenvalue weighted by molar-refractivity contribution is 7.26. The molecule has 0 bridgehead atoms. The maximum Gasteiger partial charge on any atom is 0.136 e. The average molecular weight is 756 g/mol. The SMILES string of the molecule is c1ccc(N(c2ccc3c(c2)C2(c4ccccc4-c4ccccc42)c2ccccc2-3)c2cccc3c2sc2ccccc23)c(-c2cccc3oc4ccccc4c23)c1.